The van der Waals surface area contributed by atoms with Crippen LogP contribution in [-0.2, 0) is 0 Å². The number of hydrogen-bond donors (Lipinski definition) is 1. The van der Waals surface area contributed by atoms with E-state index in [0.717, 1.165) is 18.5 Å². The number of nitrogens with zero attached hydrogens (tertiary/aromatic N) is 1. The van der Waals surface area contributed by atoms with Crippen molar-refractivity contribution in [3.8, 4) is 0 Å². The van der Waals surface area contributed by atoms with Crippen LogP contribution in [0.3, 0.4) is 0 Å². The van der Waals surface area contributed by atoms with Crippen molar-refractivity contribution in [1.29, 1.82) is 0 Å². The van der Waals surface area contributed by atoms with Crippen molar-refractivity contribution >= 4 is 0 Å². The van der Waals surface area contributed by atoms with Gasteiger partial charge in [-0.1, -0.05) is 13.8 Å². The molecule has 0 radical (unpaired) electrons. The highest BCUT2D eigenvalue weighted by Gasteiger charge is 2.21. The summed E-state index contributed by atoms with van der Waals surface area (Å²) in [5.41, 5.74) is 0. The van der Waals surface area contributed by atoms with Crippen LogP contribution in [0.15, 0.2) is 0 Å². The fraction of sp³-hybridized carbons (Fsp3) is 1.00. The molecule has 0 aromatic carbocycles. The molecule has 1 heterocycles. The Kier molecular flexibility index (Phi) is 5.62. The summed E-state index contributed by atoms with van der Waals surface area (Å²) >= 11 is 0. The minimum Gasteiger partial charge on any atom is -0.314 e. The van der Waals surface area contributed by atoms with Gasteiger partial charge in [-0.3, -0.25) is 0 Å². The van der Waals surface area contributed by atoms with E-state index in [1.165, 1.54) is 32.4 Å². The topological polar surface area (TPSA) is 15.3 Å². The molecule has 0 saturated carbocycles. The first kappa shape index (κ1) is 13.0. The molecule has 2 unspecified atom stereocenters. The van der Waals surface area contributed by atoms with Gasteiger partial charge in [-0.15, -0.1) is 0 Å². The Morgan fingerprint density at radius 3 is 2.40 bits per heavy atom. The highest BCUT2D eigenvalue weighted by Crippen LogP contribution is 2.19. The maximum atomic E-state index is 3.50. The van der Waals surface area contributed by atoms with E-state index in [4.69, 9.17) is 0 Å². The largest absolute Gasteiger partial charge is 0.314 e. The van der Waals surface area contributed by atoms with Gasteiger partial charge in [0.1, 0.15) is 0 Å². The monoisotopic (exact) mass is 212 g/mol. The Hall–Kier alpha value is -0.0800. The summed E-state index contributed by atoms with van der Waals surface area (Å²) in [5, 5.41) is 3.50. The first-order valence-corrected chi connectivity index (χ1v) is 6.61. The second-order valence-electron chi connectivity index (χ2n) is 5.26. The number of rotatable bonds is 5. The quantitative estimate of drug-likeness (QED) is 0.753. The van der Waals surface area contributed by atoms with E-state index in [9.17, 15) is 0 Å². The van der Waals surface area contributed by atoms with Crippen LogP contribution in [-0.4, -0.2) is 36.6 Å². The zero-order valence-corrected chi connectivity index (χ0v) is 10.9. The predicted octanol–water partition coefficient (Wildman–Crippen LogP) is 2.49. The number of hydrogen-bond acceptors (Lipinski definition) is 2. The molecule has 0 aromatic rings. The summed E-state index contributed by atoms with van der Waals surface area (Å²) in [5.74, 6) is 0.944. The van der Waals surface area contributed by atoms with E-state index in [1.807, 2.05) is 0 Å². The molecule has 0 bridgehead atoms. The van der Waals surface area contributed by atoms with E-state index in [1.54, 1.807) is 0 Å². The second-order valence-corrected chi connectivity index (χ2v) is 5.26. The van der Waals surface area contributed by atoms with Crippen molar-refractivity contribution in [2.45, 2.75) is 59.0 Å². The number of likely N-dealkylation sites (tertiary alicyclic amines) is 1. The van der Waals surface area contributed by atoms with Crippen LogP contribution in [0.25, 0.3) is 0 Å². The summed E-state index contributed by atoms with van der Waals surface area (Å²) in [6.45, 7) is 12.9. The zero-order chi connectivity index (χ0) is 11.3. The van der Waals surface area contributed by atoms with Gasteiger partial charge in [0.05, 0.1) is 0 Å². The van der Waals surface area contributed by atoms with Crippen molar-refractivity contribution in [2.75, 3.05) is 19.6 Å². The minimum atomic E-state index is 0.657. The average Bonchev–Trinajstić information content (AvgIpc) is 2.18. The Labute approximate surface area is 95.4 Å². The third-order valence-corrected chi connectivity index (χ3v) is 3.69. The van der Waals surface area contributed by atoms with Crippen molar-refractivity contribution < 1.29 is 0 Å². The number of nitrogens with one attached hydrogen (secondary N) is 1. The lowest BCUT2D eigenvalue weighted by Gasteiger charge is -2.36. The van der Waals surface area contributed by atoms with Crippen LogP contribution in [0, 0.1) is 5.92 Å². The predicted molar refractivity (Wildman–Crippen MR) is 67.2 cm³/mol. The third-order valence-electron chi connectivity index (χ3n) is 3.69. The molecule has 1 N–H and O–H groups in total. The Bertz CT molecular complexity index is 162. The van der Waals surface area contributed by atoms with Gasteiger partial charge < -0.3 is 10.2 Å². The van der Waals surface area contributed by atoms with Gasteiger partial charge in [0.2, 0.25) is 0 Å². The smallest absolute Gasteiger partial charge is 0.00816 e. The highest BCUT2D eigenvalue weighted by molar-refractivity contribution is 4.77. The molecule has 0 aliphatic carbocycles. The molecule has 15 heavy (non-hydrogen) atoms. The highest BCUT2D eigenvalue weighted by atomic mass is 15.2. The van der Waals surface area contributed by atoms with Gasteiger partial charge in [-0.2, -0.15) is 0 Å². The molecule has 0 amide bonds. The van der Waals surface area contributed by atoms with E-state index < -0.39 is 0 Å². The van der Waals surface area contributed by atoms with E-state index in [2.05, 4.69) is 37.9 Å². The normalized spacial score (nSPS) is 24.0. The summed E-state index contributed by atoms with van der Waals surface area (Å²) in [6.07, 6.45) is 4.06. The third kappa shape index (κ3) is 4.52. The summed E-state index contributed by atoms with van der Waals surface area (Å²) in [4.78, 5) is 2.66. The van der Waals surface area contributed by atoms with Crippen molar-refractivity contribution in [3.05, 3.63) is 0 Å². The molecule has 90 valence electrons. The van der Waals surface area contributed by atoms with E-state index in [-0.39, 0.29) is 0 Å². The average molecular weight is 212 g/mol. The fourth-order valence-corrected chi connectivity index (χ4v) is 2.56. The molecule has 1 aliphatic heterocycles. The molecule has 2 heteroatoms. The van der Waals surface area contributed by atoms with Crippen LogP contribution >= 0.6 is 0 Å². The van der Waals surface area contributed by atoms with Gasteiger partial charge >= 0.3 is 0 Å². The molecule has 2 nitrogen and oxygen atoms in total. The molecule has 0 spiro atoms. The van der Waals surface area contributed by atoms with Crippen molar-refractivity contribution in [1.82, 2.24) is 10.2 Å². The second kappa shape index (κ2) is 6.49. The molecule has 1 rings (SSSR count). The number of piperidine rings is 1. The van der Waals surface area contributed by atoms with Crippen LogP contribution in [0.5, 0.6) is 0 Å². The lowest BCUT2D eigenvalue weighted by atomic mass is 9.97. The molecule has 1 aliphatic rings. The standard InChI is InChI=1S/C13H28N2/c1-5-14-12(3)10-13(4)15-8-6-11(2)7-9-15/h11-14H,5-10H2,1-4H3. The van der Waals surface area contributed by atoms with Gasteiger partial charge in [0.25, 0.3) is 0 Å². The van der Waals surface area contributed by atoms with Gasteiger partial charge in [-0.25, -0.2) is 0 Å². The van der Waals surface area contributed by atoms with Crippen molar-refractivity contribution in [3.63, 3.8) is 0 Å². The maximum Gasteiger partial charge on any atom is 0.00816 e. The lowest BCUT2D eigenvalue weighted by molar-refractivity contribution is 0.134. The molecular weight excluding hydrogens is 184 g/mol. The van der Waals surface area contributed by atoms with Crippen LogP contribution < -0.4 is 5.32 Å². The van der Waals surface area contributed by atoms with Gasteiger partial charge in [0.15, 0.2) is 0 Å². The van der Waals surface area contributed by atoms with E-state index in [0.29, 0.717) is 6.04 Å². The first-order valence-electron chi connectivity index (χ1n) is 6.61. The Balaban J connectivity index is 2.24. The minimum absolute atomic E-state index is 0.657. The van der Waals surface area contributed by atoms with E-state index >= 15 is 0 Å². The first-order chi connectivity index (χ1) is 7.13. The van der Waals surface area contributed by atoms with Gasteiger partial charge in [0, 0.05) is 12.1 Å². The van der Waals surface area contributed by atoms with Crippen molar-refractivity contribution in [2.24, 2.45) is 5.92 Å². The maximum absolute atomic E-state index is 3.50. The summed E-state index contributed by atoms with van der Waals surface area (Å²) in [6, 6.07) is 1.40. The van der Waals surface area contributed by atoms with Gasteiger partial charge in [-0.05, 0) is 58.7 Å². The summed E-state index contributed by atoms with van der Waals surface area (Å²) < 4.78 is 0. The summed E-state index contributed by atoms with van der Waals surface area (Å²) in [7, 11) is 0. The zero-order valence-electron chi connectivity index (χ0n) is 10.9. The van der Waals surface area contributed by atoms with Crippen LogP contribution in [0.2, 0.25) is 0 Å². The molecule has 1 fully saturated rings. The molecular formula is C13H28N2. The SMILES string of the molecule is CCNC(C)CC(C)N1CCC(C)CC1. The lowest BCUT2D eigenvalue weighted by Crippen LogP contribution is -2.42. The fourth-order valence-electron chi connectivity index (χ4n) is 2.56. The Morgan fingerprint density at radius 1 is 1.27 bits per heavy atom. The molecule has 0 aromatic heterocycles. The van der Waals surface area contributed by atoms with Crippen LogP contribution in [0.4, 0.5) is 0 Å². The molecule has 1 saturated heterocycles. The molecule has 2 atom stereocenters. The Morgan fingerprint density at radius 2 is 1.87 bits per heavy atom. The van der Waals surface area contributed by atoms with Crippen LogP contribution in [0.1, 0.15) is 47.0 Å².